The number of amides is 1. The topological polar surface area (TPSA) is 67.6 Å². The Kier molecular flexibility index (Phi) is 3.97. The van der Waals surface area contributed by atoms with E-state index in [9.17, 15) is 13.2 Å². The first-order valence-corrected chi connectivity index (χ1v) is 7.95. The van der Waals surface area contributed by atoms with Gasteiger partial charge in [0, 0.05) is 6.04 Å². The standard InChI is InChI=1S/C11H14ClNO4S/c12-6-11(14)13(7-10-2-1-4-17-10)9-3-5-18(15,16)8-9/h1-2,4,9H,3,5-8H2. The van der Waals surface area contributed by atoms with Gasteiger partial charge in [0.15, 0.2) is 9.84 Å². The Morgan fingerprint density at radius 3 is 2.83 bits per heavy atom. The molecule has 1 amide bonds. The molecule has 1 aromatic heterocycles. The molecule has 0 radical (unpaired) electrons. The van der Waals surface area contributed by atoms with Gasteiger partial charge in [-0.15, -0.1) is 11.6 Å². The fourth-order valence-corrected chi connectivity index (χ4v) is 3.97. The molecule has 7 heteroatoms. The van der Waals surface area contributed by atoms with Crippen molar-refractivity contribution in [2.24, 2.45) is 0 Å². The Labute approximate surface area is 111 Å². The van der Waals surface area contributed by atoms with Gasteiger partial charge in [-0.05, 0) is 18.6 Å². The van der Waals surface area contributed by atoms with Crippen LogP contribution >= 0.6 is 11.6 Å². The summed E-state index contributed by atoms with van der Waals surface area (Å²) in [6, 6.07) is 3.17. The predicted molar refractivity (Wildman–Crippen MR) is 67.0 cm³/mol. The largest absolute Gasteiger partial charge is 0.467 e. The number of sulfone groups is 1. The molecule has 5 nitrogen and oxygen atoms in total. The minimum atomic E-state index is -3.03. The molecule has 18 heavy (non-hydrogen) atoms. The average Bonchev–Trinajstić information content (AvgIpc) is 2.94. The van der Waals surface area contributed by atoms with Gasteiger partial charge in [-0.1, -0.05) is 0 Å². The molecule has 1 aliphatic rings. The van der Waals surface area contributed by atoms with Crippen molar-refractivity contribution in [2.75, 3.05) is 17.4 Å². The van der Waals surface area contributed by atoms with E-state index in [1.54, 1.807) is 12.1 Å². The molecule has 1 atom stereocenters. The molecule has 0 spiro atoms. The van der Waals surface area contributed by atoms with Crippen molar-refractivity contribution in [2.45, 2.75) is 19.0 Å². The first kappa shape index (κ1) is 13.4. The molecule has 0 aromatic carbocycles. The number of hydrogen-bond acceptors (Lipinski definition) is 4. The predicted octanol–water partition coefficient (Wildman–Crippen LogP) is 1.03. The van der Waals surface area contributed by atoms with Crippen LogP contribution in [-0.2, 0) is 21.2 Å². The second-order valence-corrected chi connectivity index (χ2v) is 6.79. The van der Waals surface area contributed by atoms with Crippen LogP contribution in [0.1, 0.15) is 12.2 Å². The third-order valence-electron chi connectivity index (χ3n) is 2.99. The number of rotatable bonds is 4. The molecule has 1 saturated heterocycles. The quantitative estimate of drug-likeness (QED) is 0.777. The van der Waals surface area contributed by atoms with E-state index in [-0.39, 0.29) is 35.9 Å². The normalized spacial score (nSPS) is 21.9. The lowest BCUT2D eigenvalue weighted by Crippen LogP contribution is -2.41. The first-order valence-electron chi connectivity index (χ1n) is 5.60. The number of carbonyl (C=O) groups is 1. The van der Waals surface area contributed by atoms with Gasteiger partial charge in [0.1, 0.15) is 11.6 Å². The van der Waals surface area contributed by atoms with Crippen LogP contribution in [0.25, 0.3) is 0 Å². The molecule has 0 saturated carbocycles. The zero-order chi connectivity index (χ0) is 13.2. The molecular formula is C11H14ClNO4S. The van der Waals surface area contributed by atoms with Crippen molar-refractivity contribution in [3.63, 3.8) is 0 Å². The molecule has 2 heterocycles. The summed E-state index contributed by atoms with van der Waals surface area (Å²) < 4.78 is 28.1. The van der Waals surface area contributed by atoms with Crippen LogP contribution in [0.4, 0.5) is 0 Å². The van der Waals surface area contributed by atoms with Gasteiger partial charge in [0.25, 0.3) is 0 Å². The fraction of sp³-hybridized carbons (Fsp3) is 0.545. The van der Waals surface area contributed by atoms with Gasteiger partial charge >= 0.3 is 0 Å². The summed E-state index contributed by atoms with van der Waals surface area (Å²) in [5.41, 5.74) is 0. The molecule has 0 bridgehead atoms. The second kappa shape index (κ2) is 5.32. The van der Waals surface area contributed by atoms with Gasteiger partial charge in [-0.25, -0.2) is 8.42 Å². The van der Waals surface area contributed by atoms with E-state index in [2.05, 4.69) is 0 Å². The molecule has 1 fully saturated rings. The minimum Gasteiger partial charge on any atom is -0.467 e. The van der Waals surface area contributed by atoms with Crippen LogP contribution in [-0.4, -0.2) is 42.7 Å². The number of alkyl halides is 1. The van der Waals surface area contributed by atoms with Crippen molar-refractivity contribution in [1.82, 2.24) is 4.90 Å². The van der Waals surface area contributed by atoms with Crippen LogP contribution in [0.15, 0.2) is 22.8 Å². The van der Waals surface area contributed by atoms with Gasteiger partial charge in [0.05, 0.1) is 24.3 Å². The maximum Gasteiger partial charge on any atom is 0.238 e. The molecule has 0 aliphatic carbocycles. The third-order valence-corrected chi connectivity index (χ3v) is 4.97. The second-order valence-electron chi connectivity index (χ2n) is 4.29. The Morgan fingerprint density at radius 2 is 2.33 bits per heavy atom. The van der Waals surface area contributed by atoms with Crippen LogP contribution in [0.2, 0.25) is 0 Å². The minimum absolute atomic E-state index is 0.0103. The highest BCUT2D eigenvalue weighted by molar-refractivity contribution is 7.91. The molecule has 2 rings (SSSR count). The summed E-state index contributed by atoms with van der Waals surface area (Å²) in [5.74, 6) is 0.336. The van der Waals surface area contributed by atoms with Crippen molar-refractivity contribution < 1.29 is 17.6 Å². The molecule has 0 N–H and O–H groups in total. The summed E-state index contributed by atoms with van der Waals surface area (Å²) in [4.78, 5) is 13.3. The Balaban J connectivity index is 2.13. The summed E-state index contributed by atoms with van der Waals surface area (Å²) in [6.07, 6.45) is 1.98. The van der Waals surface area contributed by atoms with E-state index in [1.165, 1.54) is 11.2 Å². The van der Waals surface area contributed by atoms with E-state index in [0.29, 0.717) is 12.2 Å². The Morgan fingerprint density at radius 1 is 1.56 bits per heavy atom. The van der Waals surface area contributed by atoms with E-state index < -0.39 is 9.84 Å². The summed E-state index contributed by atoms with van der Waals surface area (Å²) in [7, 11) is -3.03. The van der Waals surface area contributed by atoms with E-state index in [0.717, 1.165) is 0 Å². The third kappa shape index (κ3) is 3.05. The monoisotopic (exact) mass is 291 g/mol. The van der Waals surface area contributed by atoms with E-state index in [1.807, 2.05) is 0 Å². The molecule has 1 aliphatic heterocycles. The summed E-state index contributed by atoms with van der Waals surface area (Å²) in [5, 5.41) is 0. The highest BCUT2D eigenvalue weighted by Gasteiger charge is 2.34. The number of furan rings is 1. The van der Waals surface area contributed by atoms with Gasteiger partial charge in [-0.2, -0.15) is 0 Å². The zero-order valence-corrected chi connectivity index (χ0v) is 11.3. The molecule has 100 valence electrons. The van der Waals surface area contributed by atoms with Crippen molar-refractivity contribution in [3.05, 3.63) is 24.2 Å². The highest BCUT2D eigenvalue weighted by atomic mass is 35.5. The number of nitrogens with zero attached hydrogens (tertiary/aromatic N) is 1. The maximum absolute atomic E-state index is 11.8. The van der Waals surface area contributed by atoms with Crippen molar-refractivity contribution in [3.8, 4) is 0 Å². The van der Waals surface area contributed by atoms with Gasteiger partial charge < -0.3 is 9.32 Å². The number of carbonyl (C=O) groups excluding carboxylic acids is 1. The van der Waals surface area contributed by atoms with E-state index in [4.69, 9.17) is 16.0 Å². The van der Waals surface area contributed by atoms with Crippen molar-refractivity contribution >= 4 is 27.3 Å². The first-order chi connectivity index (χ1) is 8.52. The van der Waals surface area contributed by atoms with Crippen LogP contribution in [0, 0.1) is 0 Å². The van der Waals surface area contributed by atoms with Crippen LogP contribution < -0.4 is 0 Å². The lowest BCUT2D eigenvalue weighted by Gasteiger charge is -2.26. The Hall–Kier alpha value is -1.01. The lowest BCUT2D eigenvalue weighted by atomic mass is 10.2. The van der Waals surface area contributed by atoms with Crippen LogP contribution in [0.5, 0.6) is 0 Å². The lowest BCUT2D eigenvalue weighted by molar-refractivity contribution is -0.131. The van der Waals surface area contributed by atoms with Gasteiger partial charge in [-0.3, -0.25) is 4.79 Å². The van der Waals surface area contributed by atoms with Gasteiger partial charge in [0.2, 0.25) is 5.91 Å². The number of hydrogen-bond donors (Lipinski definition) is 0. The number of halogens is 1. The Bertz CT molecular complexity index is 511. The molecule has 1 aromatic rings. The molecular weight excluding hydrogens is 278 g/mol. The fourth-order valence-electron chi connectivity index (χ4n) is 2.09. The van der Waals surface area contributed by atoms with E-state index >= 15 is 0 Å². The zero-order valence-electron chi connectivity index (χ0n) is 9.71. The summed E-state index contributed by atoms with van der Waals surface area (Å²) >= 11 is 5.57. The maximum atomic E-state index is 11.8. The highest BCUT2D eigenvalue weighted by Crippen LogP contribution is 2.20. The SMILES string of the molecule is O=C(CCl)N(Cc1ccco1)C1CCS(=O)(=O)C1. The summed E-state index contributed by atoms with van der Waals surface area (Å²) in [6.45, 7) is 0.263. The van der Waals surface area contributed by atoms with Crippen molar-refractivity contribution in [1.29, 1.82) is 0 Å². The van der Waals surface area contributed by atoms with Crippen LogP contribution in [0.3, 0.4) is 0 Å². The smallest absolute Gasteiger partial charge is 0.238 e. The molecule has 1 unspecified atom stereocenters. The average molecular weight is 292 g/mol.